The molecule has 1 aliphatic carbocycles. The maximum Gasteiger partial charge on any atom is 0.193 e. The molecular weight excluding hydrogens is 469 g/mol. The second kappa shape index (κ2) is 10.8. The number of hydrogen-bond acceptors (Lipinski definition) is 5. The number of unbranched alkanes of at least 4 members (excludes halogenated alkanes) is 1. The van der Waals surface area contributed by atoms with Crippen molar-refractivity contribution >= 4 is 29.9 Å². The van der Waals surface area contributed by atoms with E-state index >= 15 is 0 Å². The highest BCUT2D eigenvalue weighted by Gasteiger charge is 2.49. The maximum absolute atomic E-state index is 6.07. The number of guanidine groups is 1. The molecule has 2 aliphatic rings. The Hall–Kier alpha value is -0.870. The van der Waals surface area contributed by atoms with Crippen LogP contribution in [0.4, 0.5) is 0 Å². The molecule has 8 heteroatoms. The molecule has 0 aromatic carbocycles. The minimum absolute atomic E-state index is 0. The molecule has 0 amide bonds. The van der Waals surface area contributed by atoms with E-state index in [1.54, 1.807) is 6.26 Å². The summed E-state index contributed by atoms with van der Waals surface area (Å²) in [5.74, 6) is 1.01. The number of nitrogens with one attached hydrogen (secondary N) is 1. The molecule has 2 heterocycles. The Balaban J connectivity index is 0.00000280. The van der Waals surface area contributed by atoms with Crippen molar-refractivity contribution in [3.63, 3.8) is 0 Å². The quantitative estimate of drug-likeness (QED) is 0.266. The van der Waals surface area contributed by atoms with Crippen LogP contribution >= 0.6 is 24.0 Å². The third-order valence-electron chi connectivity index (χ3n) is 6.06. The summed E-state index contributed by atoms with van der Waals surface area (Å²) in [7, 11) is 1.88. The van der Waals surface area contributed by atoms with Crippen LogP contribution in [0.3, 0.4) is 0 Å². The van der Waals surface area contributed by atoms with E-state index in [2.05, 4.69) is 46.0 Å². The largest absolute Gasteiger partial charge is 0.378 e. The summed E-state index contributed by atoms with van der Waals surface area (Å²) in [6.07, 6.45) is 5.37. The fraction of sp³-hybridized carbons (Fsp3) is 0.800. The molecule has 1 saturated heterocycles. The van der Waals surface area contributed by atoms with Gasteiger partial charge in [-0.25, -0.2) is 0 Å². The lowest BCUT2D eigenvalue weighted by molar-refractivity contribution is -0.114. The molecule has 2 fully saturated rings. The number of aliphatic imine (C=N–C) groups is 1. The van der Waals surface area contributed by atoms with Gasteiger partial charge in [-0.15, -0.1) is 24.0 Å². The van der Waals surface area contributed by atoms with Gasteiger partial charge in [0.1, 0.15) is 6.26 Å². The summed E-state index contributed by atoms with van der Waals surface area (Å²) < 4.78 is 11.0. The Kier molecular flexibility index (Phi) is 9.01. The molecule has 1 saturated carbocycles. The first-order valence-electron chi connectivity index (χ1n) is 10.3. The van der Waals surface area contributed by atoms with Gasteiger partial charge in [0.15, 0.2) is 5.96 Å². The van der Waals surface area contributed by atoms with E-state index in [1.807, 2.05) is 13.1 Å². The van der Waals surface area contributed by atoms with Crippen LogP contribution in [0, 0.1) is 5.41 Å². The molecule has 2 unspecified atom stereocenters. The van der Waals surface area contributed by atoms with Gasteiger partial charge in [-0.05, 0) is 12.8 Å². The lowest BCUT2D eigenvalue weighted by Crippen LogP contribution is -2.65. The standard InChI is InChI=1S/C20H35N5O2.HI/c1-5-6-12-26-18-14-17(20(18,2)3)22-19(21-4)25-10-8-24(9-11-25)15-16-7-13-27-23-16;/h7,13,17-18H,5-6,8-12,14-15H2,1-4H3,(H,21,22);1H. The van der Waals surface area contributed by atoms with Crippen molar-refractivity contribution in [1.29, 1.82) is 0 Å². The second-order valence-electron chi connectivity index (χ2n) is 8.27. The number of aromatic nitrogens is 1. The van der Waals surface area contributed by atoms with Crippen molar-refractivity contribution in [3.05, 3.63) is 18.0 Å². The Morgan fingerprint density at radius 2 is 2.11 bits per heavy atom. The molecule has 0 radical (unpaired) electrons. The van der Waals surface area contributed by atoms with Gasteiger partial charge >= 0.3 is 0 Å². The first-order chi connectivity index (χ1) is 13.0. The van der Waals surface area contributed by atoms with E-state index in [0.717, 1.165) is 63.8 Å². The lowest BCUT2D eigenvalue weighted by Gasteiger charge is -2.52. The van der Waals surface area contributed by atoms with Crippen LogP contribution in [0.25, 0.3) is 0 Å². The maximum atomic E-state index is 6.07. The first-order valence-corrected chi connectivity index (χ1v) is 10.3. The Labute approximate surface area is 186 Å². The number of rotatable bonds is 7. The third-order valence-corrected chi connectivity index (χ3v) is 6.06. The molecular formula is C20H36IN5O2. The summed E-state index contributed by atoms with van der Waals surface area (Å²) >= 11 is 0. The minimum atomic E-state index is 0. The normalized spacial score (nSPS) is 25.1. The van der Waals surface area contributed by atoms with E-state index in [0.29, 0.717) is 12.1 Å². The number of ether oxygens (including phenoxy) is 1. The summed E-state index contributed by atoms with van der Waals surface area (Å²) in [5, 5.41) is 7.70. The van der Waals surface area contributed by atoms with Gasteiger partial charge in [-0.3, -0.25) is 9.89 Å². The SMILES string of the molecule is CCCCOC1CC(NC(=NC)N2CCN(Cc3ccon3)CC2)C1(C)C.I. The van der Waals surface area contributed by atoms with Crippen molar-refractivity contribution < 1.29 is 9.26 Å². The Morgan fingerprint density at radius 3 is 2.68 bits per heavy atom. The van der Waals surface area contributed by atoms with E-state index in [1.165, 1.54) is 6.42 Å². The van der Waals surface area contributed by atoms with Crippen LogP contribution in [0.15, 0.2) is 21.8 Å². The highest BCUT2D eigenvalue weighted by atomic mass is 127. The van der Waals surface area contributed by atoms with Gasteiger partial charge in [-0.1, -0.05) is 32.3 Å². The molecule has 1 N–H and O–H groups in total. The monoisotopic (exact) mass is 505 g/mol. The van der Waals surface area contributed by atoms with Crippen LogP contribution < -0.4 is 5.32 Å². The van der Waals surface area contributed by atoms with E-state index in [4.69, 9.17) is 9.26 Å². The molecule has 7 nitrogen and oxygen atoms in total. The van der Waals surface area contributed by atoms with Crippen molar-refractivity contribution in [1.82, 2.24) is 20.3 Å². The van der Waals surface area contributed by atoms with Crippen LogP contribution in [0.1, 0.15) is 45.7 Å². The van der Waals surface area contributed by atoms with Crippen molar-refractivity contribution in [2.24, 2.45) is 10.4 Å². The predicted molar refractivity (Wildman–Crippen MR) is 122 cm³/mol. The van der Waals surface area contributed by atoms with Gasteiger partial charge < -0.3 is 19.5 Å². The number of halogens is 1. The molecule has 160 valence electrons. The van der Waals surface area contributed by atoms with Crippen LogP contribution in [-0.4, -0.2) is 72.9 Å². The molecule has 0 bridgehead atoms. The summed E-state index contributed by atoms with van der Waals surface area (Å²) in [6, 6.07) is 2.35. The van der Waals surface area contributed by atoms with Gasteiger partial charge in [0.05, 0.1) is 11.8 Å². The Morgan fingerprint density at radius 1 is 1.36 bits per heavy atom. The first kappa shape index (κ1) is 23.4. The van der Waals surface area contributed by atoms with Crippen LogP contribution in [0.5, 0.6) is 0 Å². The average Bonchev–Trinajstić information content (AvgIpc) is 3.17. The molecule has 1 aliphatic heterocycles. The molecule has 0 spiro atoms. The van der Waals surface area contributed by atoms with Gasteiger partial charge in [0.25, 0.3) is 0 Å². The zero-order valence-corrected chi connectivity index (χ0v) is 20.0. The number of piperazine rings is 1. The lowest BCUT2D eigenvalue weighted by atomic mass is 9.64. The van der Waals surface area contributed by atoms with Crippen LogP contribution in [-0.2, 0) is 11.3 Å². The van der Waals surface area contributed by atoms with E-state index < -0.39 is 0 Å². The molecule has 1 aromatic rings. The number of nitrogens with zero attached hydrogens (tertiary/aromatic N) is 4. The van der Waals surface area contributed by atoms with Gasteiger partial charge in [0.2, 0.25) is 0 Å². The second-order valence-corrected chi connectivity index (χ2v) is 8.27. The highest BCUT2D eigenvalue weighted by molar-refractivity contribution is 14.0. The van der Waals surface area contributed by atoms with Crippen molar-refractivity contribution in [2.75, 3.05) is 39.8 Å². The molecule has 3 rings (SSSR count). The number of hydrogen-bond donors (Lipinski definition) is 1. The van der Waals surface area contributed by atoms with Gasteiger partial charge in [0, 0.05) is 63.9 Å². The van der Waals surface area contributed by atoms with E-state index in [-0.39, 0.29) is 29.4 Å². The predicted octanol–water partition coefficient (Wildman–Crippen LogP) is 2.97. The van der Waals surface area contributed by atoms with Crippen molar-refractivity contribution in [3.8, 4) is 0 Å². The third kappa shape index (κ3) is 5.60. The molecule has 1 aromatic heterocycles. The topological polar surface area (TPSA) is 66.1 Å². The molecule has 28 heavy (non-hydrogen) atoms. The summed E-state index contributed by atoms with van der Waals surface area (Å²) in [4.78, 5) is 9.32. The average molecular weight is 505 g/mol. The fourth-order valence-corrected chi connectivity index (χ4v) is 3.90. The fourth-order valence-electron chi connectivity index (χ4n) is 3.90. The minimum Gasteiger partial charge on any atom is -0.378 e. The smallest absolute Gasteiger partial charge is 0.193 e. The summed E-state index contributed by atoms with van der Waals surface area (Å²) in [6.45, 7) is 12.5. The highest BCUT2D eigenvalue weighted by Crippen LogP contribution is 2.43. The zero-order chi connectivity index (χ0) is 19.3. The Bertz CT molecular complexity index is 600. The molecule has 2 atom stereocenters. The van der Waals surface area contributed by atoms with Gasteiger partial charge in [-0.2, -0.15) is 0 Å². The van der Waals surface area contributed by atoms with E-state index in [9.17, 15) is 0 Å². The zero-order valence-electron chi connectivity index (χ0n) is 17.7. The van der Waals surface area contributed by atoms with Crippen LogP contribution in [0.2, 0.25) is 0 Å². The summed E-state index contributed by atoms with van der Waals surface area (Å²) in [5.41, 5.74) is 1.13. The van der Waals surface area contributed by atoms with Crippen molar-refractivity contribution in [2.45, 2.75) is 58.7 Å².